The number of hydrogen-bond acceptors (Lipinski definition) is 6. The van der Waals surface area contributed by atoms with Gasteiger partial charge in [-0.2, -0.15) is 11.3 Å². The molecule has 1 amide bonds. The summed E-state index contributed by atoms with van der Waals surface area (Å²) in [6, 6.07) is 1.94. The number of aromatic nitrogens is 1. The van der Waals surface area contributed by atoms with Crippen LogP contribution in [0, 0.1) is 0 Å². The molecule has 0 atom stereocenters. The average molecular weight is 282 g/mol. The topological polar surface area (TPSA) is 68.3 Å². The molecule has 94 valence electrons. The van der Waals surface area contributed by atoms with Crippen molar-refractivity contribution in [1.82, 2.24) is 4.98 Å². The van der Waals surface area contributed by atoms with Crippen LogP contribution in [0.2, 0.25) is 0 Å². The first kappa shape index (κ1) is 12.7. The number of nitrogens with zero attached hydrogens (tertiary/aromatic N) is 1. The van der Waals surface area contributed by atoms with Gasteiger partial charge in [0.25, 0.3) is 0 Å². The van der Waals surface area contributed by atoms with Gasteiger partial charge in [0.15, 0.2) is 5.13 Å². The summed E-state index contributed by atoms with van der Waals surface area (Å²) in [6.07, 6.45) is 0. The molecule has 18 heavy (non-hydrogen) atoms. The summed E-state index contributed by atoms with van der Waals surface area (Å²) >= 11 is 2.84. The van der Waals surface area contributed by atoms with Gasteiger partial charge in [0.1, 0.15) is 0 Å². The summed E-state index contributed by atoms with van der Waals surface area (Å²) in [5.74, 6) is -1.70. The molecule has 0 fully saturated rings. The van der Waals surface area contributed by atoms with Crippen molar-refractivity contribution in [3.63, 3.8) is 0 Å². The molecule has 0 aliphatic carbocycles. The van der Waals surface area contributed by atoms with E-state index in [9.17, 15) is 9.59 Å². The number of esters is 1. The Balaban J connectivity index is 2.03. The van der Waals surface area contributed by atoms with Gasteiger partial charge < -0.3 is 4.74 Å². The summed E-state index contributed by atoms with van der Waals surface area (Å²) in [6.45, 7) is 1.81. The smallest absolute Gasteiger partial charge is 0.397 e. The molecule has 1 N–H and O–H groups in total. The van der Waals surface area contributed by atoms with Crippen molar-refractivity contribution in [2.24, 2.45) is 0 Å². The molecule has 0 bridgehead atoms. The third kappa shape index (κ3) is 2.93. The lowest BCUT2D eigenvalue weighted by atomic mass is 10.3. The molecule has 0 spiro atoms. The first-order valence-corrected chi connectivity index (χ1v) is 6.99. The number of amides is 1. The molecule has 2 rings (SSSR count). The van der Waals surface area contributed by atoms with Crippen LogP contribution in [0.4, 0.5) is 5.13 Å². The Hall–Kier alpha value is -1.73. The maximum atomic E-state index is 11.4. The Labute approximate surface area is 111 Å². The van der Waals surface area contributed by atoms with E-state index in [1.807, 2.05) is 22.2 Å². The summed E-state index contributed by atoms with van der Waals surface area (Å²) in [7, 11) is 0. The summed E-state index contributed by atoms with van der Waals surface area (Å²) in [4.78, 5) is 26.7. The van der Waals surface area contributed by atoms with Crippen LogP contribution in [0.1, 0.15) is 6.92 Å². The zero-order valence-corrected chi connectivity index (χ0v) is 11.1. The highest BCUT2D eigenvalue weighted by Crippen LogP contribution is 2.26. The van der Waals surface area contributed by atoms with Crippen LogP contribution in [0.15, 0.2) is 22.2 Å². The fourth-order valence-electron chi connectivity index (χ4n) is 1.22. The van der Waals surface area contributed by atoms with Crippen LogP contribution < -0.4 is 5.32 Å². The summed E-state index contributed by atoms with van der Waals surface area (Å²) in [5, 5.41) is 8.53. The zero-order chi connectivity index (χ0) is 13.0. The van der Waals surface area contributed by atoms with Crippen molar-refractivity contribution in [3.8, 4) is 11.3 Å². The molecular formula is C11H10N2O3S2. The molecule has 5 nitrogen and oxygen atoms in total. The van der Waals surface area contributed by atoms with Gasteiger partial charge in [-0.15, -0.1) is 11.3 Å². The highest BCUT2D eigenvalue weighted by atomic mass is 32.1. The van der Waals surface area contributed by atoms with Crippen molar-refractivity contribution in [2.75, 3.05) is 11.9 Å². The third-order valence-corrected chi connectivity index (χ3v) is 3.44. The lowest BCUT2D eigenvalue weighted by molar-refractivity contribution is -0.152. The second-order valence-electron chi connectivity index (χ2n) is 3.22. The Kier molecular flexibility index (Phi) is 4.06. The number of hydrogen-bond donors (Lipinski definition) is 1. The van der Waals surface area contributed by atoms with Crippen LogP contribution in [0.25, 0.3) is 11.3 Å². The quantitative estimate of drug-likeness (QED) is 0.693. The number of carbonyl (C=O) groups is 2. The van der Waals surface area contributed by atoms with Gasteiger partial charge in [0, 0.05) is 16.3 Å². The maximum absolute atomic E-state index is 11.4. The number of thiophene rings is 1. The van der Waals surface area contributed by atoms with E-state index in [2.05, 4.69) is 15.0 Å². The Morgan fingerprint density at radius 1 is 1.44 bits per heavy atom. The van der Waals surface area contributed by atoms with E-state index in [0.29, 0.717) is 5.13 Å². The Bertz CT molecular complexity index is 548. The Morgan fingerprint density at radius 2 is 2.28 bits per heavy atom. The molecule has 0 aromatic carbocycles. The van der Waals surface area contributed by atoms with E-state index in [0.717, 1.165) is 11.3 Å². The SMILES string of the molecule is CCOC(=O)C(=O)Nc1nc(-c2ccsc2)cs1. The lowest BCUT2D eigenvalue weighted by Gasteiger charge is -2.00. The van der Waals surface area contributed by atoms with Gasteiger partial charge in [-0.1, -0.05) is 0 Å². The van der Waals surface area contributed by atoms with Gasteiger partial charge >= 0.3 is 11.9 Å². The normalized spacial score (nSPS) is 10.1. The second kappa shape index (κ2) is 5.74. The summed E-state index contributed by atoms with van der Waals surface area (Å²) < 4.78 is 4.58. The molecule has 7 heteroatoms. The van der Waals surface area contributed by atoms with E-state index in [1.165, 1.54) is 11.3 Å². The fraction of sp³-hybridized carbons (Fsp3) is 0.182. The minimum atomic E-state index is -0.898. The molecule has 0 aliphatic heterocycles. The predicted octanol–water partition coefficient (Wildman–Crippen LogP) is 2.37. The molecule has 2 aromatic rings. The maximum Gasteiger partial charge on any atom is 0.397 e. The van der Waals surface area contributed by atoms with E-state index in [-0.39, 0.29) is 6.61 Å². The molecule has 0 saturated heterocycles. The Morgan fingerprint density at radius 3 is 2.94 bits per heavy atom. The first-order valence-electron chi connectivity index (χ1n) is 5.17. The highest BCUT2D eigenvalue weighted by Gasteiger charge is 2.16. The molecule has 0 radical (unpaired) electrons. The van der Waals surface area contributed by atoms with Crippen molar-refractivity contribution in [3.05, 3.63) is 22.2 Å². The van der Waals surface area contributed by atoms with Crippen molar-refractivity contribution >= 4 is 39.7 Å². The number of carbonyl (C=O) groups excluding carboxylic acids is 2. The van der Waals surface area contributed by atoms with Crippen LogP contribution in [-0.4, -0.2) is 23.5 Å². The highest BCUT2D eigenvalue weighted by molar-refractivity contribution is 7.14. The molecule has 2 heterocycles. The minimum Gasteiger partial charge on any atom is -0.459 e. The standard InChI is InChI=1S/C11H10N2O3S2/c1-2-16-10(15)9(14)13-11-12-8(6-18-11)7-3-4-17-5-7/h3-6H,2H2,1H3,(H,12,13,14). The minimum absolute atomic E-state index is 0.171. The van der Waals surface area contributed by atoms with Crippen molar-refractivity contribution in [2.45, 2.75) is 6.92 Å². The van der Waals surface area contributed by atoms with Gasteiger partial charge in [-0.05, 0) is 18.4 Å². The second-order valence-corrected chi connectivity index (χ2v) is 4.86. The van der Waals surface area contributed by atoms with Crippen LogP contribution in [0.3, 0.4) is 0 Å². The number of anilines is 1. The van der Waals surface area contributed by atoms with Crippen molar-refractivity contribution < 1.29 is 14.3 Å². The third-order valence-electron chi connectivity index (χ3n) is 2.00. The zero-order valence-electron chi connectivity index (χ0n) is 9.50. The van der Waals surface area contributed by atoms with E-state index in [4.69, 9.17) is 0 Å². The molecule has 0 saturated carbocycles. The van der Waals surface area contributed by atoms with E-state index >= 15 is 0 Å². The predicted molar refractivity (Wildman–Crippen MR) is 70.7 cm³/mol. The molecule has 2 aromatic heterocycles. The first-order chi connectivity index (χ1) is 8.70. The van der Waals surface area contributed by atoms with Crippen LogP contribution >= 0.6 is 22.7 Å². The van der Waals surface area contributed by atoms with Crippen LogP contribution in [0.5, 0.6) is 0 Å². The van der Waals surface area contributed by atoms with E-state index in [1.54, 1.807) is 18.3 Å². The van der Waals surface area contributed by atoms with Gasteiger partial charge in [0.2, 0.25) is 0 Å². The molecule has 0 unspecified atom stereocenters. The number of ether oxygens (including phenoxy) is 1. The lowest BCUT2D eigenvalue weighted by Crippen LogP contribution is -2.24. The number of rotatable bonds is 3. The van der Waals surface area contributed by atoms with Gasteiger partial charge in [-0.3, -0.25) is 10.1 Å². The summed E-state index contributed by atoms with van der Waals surface area (Å²) in [5.41, 5.74) is 1.77. The van der Waals surface area contributed by atoms with Gasteiger partial charge in [-0.25, -0.2) is 9.78 Å². The van der Waals surface area contributed by atoms with E-state index < -0.39 is 11.9 Å². The number of nitrogens with one attached hydrogen (secondary N) is 1. The fourth-order valence-corrected chi connectivity index (χ4v) is 2.58. The molecular weight excluding hydrogens is 272 g/mol. The monoisotopic (exact) mass is 282 g/mol. The van der Waals surface area contributed by atoms with Crippen LogP contribution in [-0.2, 0) is 14.3 Å². The average Bonchev–Trinajstić information content (AvgIpc) is 2.98. The number of thiazole rings is 1. The van der Waals surface area contributed by atoms with Crippen molar-refractivity contribution in [1.29, 1.82) is 0 Å². The van der Waals surface area contributed by atoms with Gasteiger partial charge in [0.05, 0.1) is 12.3 Å². The largest absolute Gasteiger partial charge is 0.459 e. The molecule has 0 aliphatic rings.